The second-order valence-electron chi connectivity index (χ2n) is 10.6. The number of hydrogen-bond acceptors (Lipinski definition) is 8. The fourth-order valence-electron chi connectivity index (χ4n) is 5.07. The Bertz CT molecular complexity index is 1190. The molecular weight excluding hydrogens is 484 g/mol. The first kappa shape index (κ1) is 23.8. The molecule has 4 aliphatic heterocycles. The molecule has 0 saturated carbocycles. The fraction of sp³-hybridized carbons (Fsp3) is 0.400. The topological polar surface area (TPSA) is 121 Å². The molecule has 4 unspecified atom stereocenters. The quantitative estimate of drug-likeness (QED) is 0.271. The second-order valence-corrected chi connectivity index (χ2v) is 10.6. The lowest BCUT2D eigenvalue weighted by molar-refractivity contribution is 0.381. The smallest absolute Gasteiger partial charge is 0.134 e. The van der Waals surface area contributed by atoms with Gasteiger partial charge in [0.1, 0.15) is 23.0 Å². The van der Waals surface area contributed by atoms with Crippen molar-refractivity contribution < 1.29 is 28.4 Å². The third kappa shape index (κ3) is 5.59. The fourth-order valence-corrected chi connectivity index (χ4v) is 5.07. The Balaban J connectivity index is 1.43. The van der Waals surface area contributed by atoms with E-state index in [-0.39, 0.29) is 24.4 Å². The van der Waals surface area contributed by atoms with Gasteiger partial charge in [0.05, 0.1) is 50.8 Å². The molecule has 8 heteroatoms. The summed E-state index contributed by atoms with van der Waals surface area (Å²) in [6.07, 6.45) is 3.52. The lowest BCUT2D eigenvalue weighted by Crippen LogP contribution is -2.15. The van der Waals surface area contributed by atoms with Gasteiger partial charge < -0.3 is 39.9 Å². The monoisotopic (exact) mass is 516 g/mol. The predicted molar refractivity (Wildman–Crippen MR) is 142 cm³/mol. The van der Waals surface area contributed by atoms with Crippen molar-refractivity contribution >= 4 is 11.4 Å². The Morgan fingerprint density at radius 1 is 0.553 bits per heavy atom. The van der Waals surface area contributed by atoms with Gasteiger partial charge in [-0.25, -0.2) is 0 Å². The van der Waals surface area contributed by atoms with E-state index >= 15 is 0 Å². The molecule has 4 N–H and O–H groups in total. The van der Waals surface area contributed by atoms with Gasteiger partial charge in [-0.2, -0.15) is 0 Å². The first-order valence-electron chi connectivity index (χ1n) is 13.3. The highest BCUT2D eigenvalue weighted by Gasteiger charge is 2.38. The highest BCUT2D eigenvalue weighted by atomic mass is 16.6. The van der Waals surface area contributed by atoms with Crippen LogP contribution in [0.4, 0.5) is 11.4 Å². The molecule has 7 rings (SSSR count). The van der Waals surface area contributed by atoms with Crippen molar-refractivity contribution in [2.24, 2.45) is 0 Å². The van der Waals surface area contributed by atoms with Crippen LogP contribution >= 0.6 is 0 Å². The Labute approximate surface area is 221 Å². The highest BCUT2D eigenvalue weighted by Crippen LogP contribution is 2.47. The normalized spacial score (nSPS) is 24.6. The Hall–Kier alpha value is -3.30. The van der Waals surface area contributed by atoms with Crippen molar-refractivity contribution in [3.8, 4) is 23.0 Å². The Kier molecular flexibility index (Phi) is 6.12. The lowest BCUT2D eigenvalue weighted by Gasteiger charge is -2.26. The molecule has 4 saturated heterocycles. The summed E-state index contributed by atoms with van der Waals surface area (Å²) in [5.41, 5.74) is 17.9. The lowest BCUT2D eigenvalue weighted by atomic mass is 9.86. The van der Waals surface area contributed by atoms with Crippen LogP contribution in [0.3, 0.4) is 0 Å². The summed E-state index contributed by atoms with van der Waals surface area (Å²) >= 11 is 0. The van der Waals surface area contributed by atoms with Gasteiger partial charge in [0.2, 0.25) is 0 Å². The zero-order valence-corrected chi connectivity index (χ0v) is 21.2. The van der Waals surface area contributed by atoms with Crippen molar-refractivity contribution in [3.63, 3.8) is 0 Å². The van der Waals surface area contributed by atoms with Crippen molar-refractivity contribution in [2.75, 3.05) is 37.9 Å². The van der Waals surface area contributed by atoms with Crippen molar-refractivity contribution in [2.45, 2.75) is 50.1 Å². The molecule has 0 amide bonds. The first-order valence-corrected chi connectivity index (χ1v) is 13.3. The van der Waals surface area contributed by atoms with Crippen LogP contribution in [-0.4, -0.2) is 50.8 Å². The van der Waals surface area contributed by atoms with Gasteiger partial charge in [-0.15, -0.1) is 0 Å². The molecular formula is C30H32N2O6. The van der Waals surface area contributed by atoms with Crippen LogP contribution in [0.2, 0.25) is 0 Å². The number of ether oxygens (including phenoxy) is 6. The van der Waals surface area contributed by atoms with Crippen molar-refractivity contribution in [3.05, 3.63) is 70.8 Å². The van der Waals surface area contributed by atoms with Crippen molar-refractivity contribution in [1.82, 2.24) is 0 Å². The van der Waals surface area contributed by atoms with Gasteiger partial charge in [0.15, 0.2) is 0 Å². The number of benzene rings is 3. The van der Waals surface area contributed by atoms with Crippen LogP contribution in [0.1, 0.15) is 22.3 Å². The molecule has 4 fully saturated rings. The summed E-state index contributed by atoms with van der Waals surface area (Å²) in [4.78, 5) is 0. The summed E-state index contributed by atoms with van der Waals surface area (Å²) in [5.74, 6) is 3.11. The molecule has 0 aromatic heterocycles. The number of epoxide rings is 4. The minimum atomic E-state index is 0.153. The summed E-state index contributed by atoms with van der Waals surface area (Å²) in [5, 5.41) is 0. The first-order chi connectivity index (χ1) is 18.6. The summed E-state index contributed by atoms with van der Waals surface area (Å²) < 4.78 is 36.3. The Morgan fingerprint density at radius 3 is 1.13 bits per heavy atom. The molecule has 0 aliphatic carbocycles. The summed E-state index contributed by atoms with van der Waals surface area (Å²) in [6, 6.07) is 15.1. The summed E-state index contributed by atoms with van der Waals surface area (Å²) in [6.45, 7) is 2.95. The number of nitrogen functional groups attached to an aromatic ring is 2. The predicted octanol–water partition coefficient (Wildman–Crippen LogP) is 4.20. The van der Waals surface area contributed by atoms with Gasteiger partial charge >= 0.3 is 0 Å². The number of rotatable bonds is 12. The van der Waals surface area contributed by atoms with Crippen LogP contribution in [0, 0.1) is 0 Å². The Morgan fingerprint density at radius 2 is 0.868 bits per heavy atom. The standard InChI is InChI=1S/C30H32N2O6/c31-17-3-1-5-19(7-17)37-29-25(9-21-13-33-21)27(11-23-15-35-23)30(38-20-6-2-4-18(32)8-20)28(12-24-16-36-24)26(29)10-22-14-34-22/h1-8,21-24H,9-16,31-32H2. The minimum absolute atomic E-state index is 0.153. The third-order valence-electron chi connectivity index (χ3n) is 7.32. The minimum Gasteiger partial charge on any atom is -0.457 e. The molecule has 4 aliphatic rings. The van der Waals surface area contributed by atoms with E-state index in [1.165, 1.54) is 0 Å². The van der Waals surface area contributed by atoms with E-state index in [4.69, 9.17) is 39.9 Å². The maximum absolute atomic E-state index is 6.74. The van der Waals surface area contributed by atoms with E-state index in [1.807, 2.05) is 48.5 Å². The second kappa shape index (κ2) is 9.78. The maximum Gasteiger partial charge on any atom is 0.134 e. The highest BCUT2D eigenvalue weighted by molar-refractivity contribution is 5.63. The average Bonchev–Trinajstić information content (AvgIpc) is 3.73. The largest absolute Gasteiger partial charge is 0.457 e. The van der Waals surface area contributed by atoms with E-state index in [0.717, 1.165) is 85.9 Å². The van der Waals surface area contributed by atoms with Crippen LogP contribution in [0.15, 0.2) is 48.5 Å². The van der Waals surface area contributed by atoms with E-state index < -0.39 is 0 Å². The molecule has 0 radical (unpaired) electrons. The number of hydrogen-bond donors (Lipinski definition) is 2. The summed E-state index contributed by atoms with van der Waals surface area (Å²) in [7, 11) is 0. The van der Waals surface area contributed by atoms with Crippen LogP contribution in [-0.2, 0) is 44.6 Å². The van der Waals surface area contributed by atoms with Crippen LogP contribution in [0.5, 0.6) is 23.0 Å². The molecule has 0 bridgehead atoms. The zero-order chi connectivity index (χ0) is 25.6. The maximum atomic E-state index is 6.74. The van der Waals surface area contributed by atoms with Gasteiger partial charge in [-0.05, 0) is 24.3 Å². The SMILES string of the molecule is Nc1cccc(Oc2c(CC3CO3)c(CC3CO3)c(Oc3cccc(N)c3)c(CC3CO3)c2CC2CO2)c1. The molecule has 3 aromatic carbocycles. The van der Waals surface area contributed by atoms with Crippen LogP contribution in [0.25, 0.3) is 0 Å². The van der Waals surface area contributed by atoms with Crippen molar-refractivity contribution in [1.29, 1.82) is 0 Å². The van der Waals surface area contributed by atoms with E-state index in [0.29, 0.717) is 22.9 Å². The molecule has 0 spiro atoms. The van der Waals surface area contributed by atoms with E-state index in [9.17, 15) is 0 Å². The average molecular weight is 517 g/mol. The van der Waals surface area contributed by atoms with Gasteiger partial charge in [-0.1, -0.05) is 12.1 Å². The number of anilines is 2. The van der Waals surface area contributed by atoms with Gasteiger partial charge in [0.25, 0.3) is 0 Å². The zero-order valence-electron chi connectivity index (χ0n) is 21.2. The molecule has 3 aromatic rings. The molecule has 38 heavy (non-hydrogen) atoms. The molecule has 198 valence electrons. The molecule has 4 atom stereocenters. The molecule has 8 nitrogen and oxygen atoms in total. The third-order valence-corrected chi connectivity index (χ3v) is 7.32. The van der Waals surface area contributed by atoms with E-state index in [2.05, 4.69) is 0 Å². The van der Waals surface area contributed by atoms with Crippen LogP contribution < -0.4 is 20.9 Å². The van der Waals surface area contributed by atoms with Gasteiger partial charge in [-0.3, -0.25) is 0 Å². The van der Waals surface area contributed by atoms with Gasteiger partial charge in [0, 0.05) is 71.4 Å². The molecule has 4 heterocycles. The number of nitrogens with two attached hydrogens (primary N) is 2. The van der Waals surface area contributed by atoms with E-state index in [1.54, 1.807) is 0 Å².